The lowest BCUT2D eigenvalue weighted by molar-refractivity contribution is -0.251. The highest BCUT2D eigenvalue weighted by Gasteiger charge is 2.65. The summed E-state index contributed by atoms with van der Waals surface area (Å²) in [6, 6.07) is 11.2. The molecule has 0 bridgehead atoms. The van der Waals surface area contributed by atoms with Gasteiger partial charge < -0.3 is 35.0 Å². The molecule has 8 nitrogen and oxygen atoms in total. The van der Waals surface area contributed by atoms with E-state index in [0.29, 0.717) is 11.5 Å². The molecule has 5 atom stereocenters. The lowest BCUT2D eigenvalue weighted by atomic mass is 9.64. The maximum atomic E-state index is 12.9. The van der Waals surface area contributed by atoms with Gasteiger partial charge in [0.15, 0.2) is 17.3 Å². The zero-order chi connectivity index (χ0) is 20.7. The summed E-state index contributed by atoms with van der Waals surface area (Å²) in [5.41, 5.74) is -5.22. The Morgan fingerprint density at radius 2 is 1.18 bits per heavy atom. The largest absolute Gasteiger partial charge is 0.497 e. The van der Waals surface area contributed by atoms with E-state index < -0.39 is 35.3 Å². The second kappa shape index (κ2) is 7.16. The highest BCUT2D eigenvalue weighted by Crippen LogP contribution is 2.44. The minimum Gasteiger partial charge on any atom is -0.497 e. The van der Waals surface area contributed by atoms with Crippen molar-refractivity contribution in [1.82, 2.24) is 0 Å². The molecule has 1 aliphatic carbocycles. The summed E-state index contributed by atoms with van der Waals surface area (Å²) in [7, 11) is 2.88. The van der Waals surface area contributed by atoms with E-state index in [1.165, 1.54) is 62.8 Å². The normalized spacial score (nSPS) is 32.8. The smallest absolute Gasteiger partial charge is 0.203 e. The number of carbonyl (C=O) groups excluding carboxylic acids is 1. The molecular formula is C20H22O8. The average Bonchev–Trinajstić information content (AvgIpc) is 2.75. The Kier molecular flexibility index (Phi) is 5.18. The van der Waals surface area contributed by atoms with Crippen LogP contribution in [-0.2, 0) is 16.0 Å². The molecule has 28 heavy (non-hydrogen) atoms. The highest BCUT2D eigenvalue weighted by molar-refractivity contribution is 5.95. The van der Waals surface area contributed by atoms with Crippen molar-refractivity contribution < 1.29 is 39.8 Å². The van der Waals surface area contributed by atoms with Gasteiger partial charge in [-0.2, -0.15) is 0 Å². The SMILES string of the molecule is COc1ccc([C@]2(O)[C@H](O)C(=O)[C@@](O)(c3ccc(OC)cc3)[C@H](O)[C@H]2O)cc1. The van der Waals surface area contributed by atoms with E-state index in [2.05, 4.69) is 0 Å². The number of benzene rings is 2. The van der Waals surface area contributed by atoms with E-state index >= 15 is 0 Å². The van der Waals surface area contributed by atoms with Crippen molar-refractivity contribution in [3.8, 4) is 11.5 Å². The number of methoxy groups -OCH3 is 2. The van der Waals surface area contributed by atoms with Crippen LogP contribution in [0.15, 0.2) is 48.5 Å². The van der Waals surface area contributed by atoms with Crippen molar-refractivity contribution in [2.24, 2.45) is 0 Å². The molecule has 0 radical (unpaired) electrons. The van der Waals surface area contributed by atoms with E-state index in [1.54, 1.807) is 0 Å². The quantitative estimate of drug-likeness (QED) is 0.469. The van der Waals surface area contributed by atoms with Crippen LogP contribution < -0.4 is 9.47 Å². The fraction of sp³-hybridized carbons (Fsp3) is 0.350. The Balaban J connectivity index is 2.05. The van der Waals surface area contributed by atoms with E-state index in [0.717, 1.165) is 0 Å². The van der Waals surface area contributed by atoms with E-state index in [1.807, 2.05) is 0 Å². The fourth-order valence-electron chi connectivity index (χ4n) is 3.53. The molecule has 2 aromatic rings. The van der Waals surface area contributed by atoms with Crippen LogP contribution in [0.25, 0.3) is 0 Å². The van der Waals surface area contributed by atoms with Crippen LogP contribution in [0.4, 0.5) is 0 Å². The van der Waals surface area contributed by atoms with Gasteiger partial charge in [-0.1, -0.05) is 24.3 Å². The molecule has 0 heterocycles. The summed E-state index contributed by atoms with van der Waals surface area (Å²) in [5, 5.41) is 53.8. The van der Waals surface area contributed by atoms with Crippen LogP contribution in [0.5, 0.6) is 11.5 Å². The van der Waals surface area contributed by atoms with E-state index in [9.17, 15) is 30.3 Å². The molecule has 0 saturated heterocycles. The van der Waals surface area contributed by atoms with Crippen LogP contribution in [0.3, 0.4) is 0 Å². The predicted molar refractivity (Wildman–Crippen MR) is 96.8 cm³/mol. The summed E-state index contributed by atoms with van der Waals surface area (Å²) in [5.74, 6) is -0.344. The molecule has 1 saturated carbocycles. The first kappa shape index (κ1) is 20.2. The van der Waals surface area contributed by atoms with Gasteiger partial charge in [-0.15, -0.1) is 0 Å². The Hall–Kier alpha value is -2.49. The molecule has 0 aromatic heterocycles. The molecule has 2 aromatic carbocycles. The maximum Gasteiger partial charge on any atom is 0.203 e. The van der Waals surface area contributed by atoms with Gasteiger partial charge in [0.05, 0.1) is 14.2 Å². The molecular weight excluding hydrogens is 368 g/mol. The summed E-state index contributed by atoms with van der Waals surface area (Å²) in [4.78, 5) is 12.9. The lowest BCUT2D eigenvalue weighted by Crippen LogP contribution is -2.71. The predicted octanol–water partition coefficient (Wildman–Crippen LogP) is -0.555. The van der Waals surface area contributed by atoms with Crippen molar-refractivity contribution in [1.29, 1.82) is 0 Å². The summed E-state index contributed by atoms with van der Waals surface area (Å²) in [6.45, 7) is 0. The number of hydrogen-bond acceptors (Lipinski definition) is 8. The van der Waals surface area contributed by atoms with Gasteiger partial charge in [0, 0.05) is 0 Å². The summed E-state index contributed by atoms with van der Waals surface area (Å²) < 4.78 is 10.0. The molecule has 1 fully saturated rings. The number of aliphatic hydroxyl groups excluding tert-OH is 3. The van der Waals surface area contributed by atoms with E-state index in [-0.39, 0.29) is 11.1 Å². The average molecular weight is 390 g/mol. The number of ketones is 1. The molecule has 5 N–H and O–H groups in total. The van der Waals surface area contributed by atoms with Crippen LogP contribution in [-0.4, -0.2) is 63.8 Å². The Morgan fingerprint density at radius 3 is 1.61 bits per heavy atom. The molecule has 0 unspecified atom stereocenters. The number of carbonyl (C=O) groups is 1. The second-order valence-corrected chi connectivity index (χ2v) is 6.71. The van der Waals surface area contributed by atoms with Crippen molar-refractivity contribution >= 4 is 5.78 Å². The summed E-state index contributed by atoms with van der Waals surface area (Å²) >= 11 is 0. The van der Waals surface area contributed by atoms with Gasteiger partial charge in [0.25, 0.3) is 0 Å². The van der Waals surface area contributed by atoms with Gasteiger partial charge in [0.1, 0.15) is 23.7 Å². The van der Waals surface area contributed by atoms with Crippen molar-refractivity contribution in [3.05, 3.63) is 59.7 Å². The highest BCUT2D eigenvalue weighted by atomic mass is 16.5. The van der Waals surface area contributed by atoms with Crippen molar-refractivity contribution in [2.45, 2.75) is 29.5 Å². The molecule has 0 spiro atoms. The van der Waals surface area contributed by atoms with Gasteiger partial charge in [-0.25, -0.2) is 0 Å². The van der Waals surface area contributed by atoms with Crippen molar-refractivity contribution in [2.75, 3.05) is 14.2 Å². The minimum atomic E-state index is -2.62. The van der Waals surface area contributed by atoms with Crippen LogP contribution in [0, 0.1) is 0 Å². The number of rotatable bonds is 4. The third-order valence-electron chi connectivity index (χ3n) is 5.30. The molecule has 3 rings (SSSR count). The maximum absolute atomic E-state index is 12.9. The third kappa shape index (κ3) is 2.78. The second-order valence-electron chi connectivity index (χ2n) is 6.71. The number of hydrogen-bond donors (Lipinski definition) is 5. The standard InChI is InChI=1S/C20H22O8/c1-27-13-7-3-11(4-8-13)19(25)15(21)17(23)20(26,18(24)16(19)22)12-5-9-14(28-2)10-6-12/h3-10,15-17,21-23,25-26H,1-2H3/t15-,16-,17-,19-,20-/m1/s1. The minimum absolute atomic E-state index is 0.0162. The summed E-state index contributed by atoms with van der Waals surface area (Å²) in [6.07, 6.45) is -6.38. The molecule has 150 valence electrons. The van der Waals surface area contributed by atoms with Gasteiger partial charge in [-0.3, -0.25) is 4.79 Å². The Morgan fingerprint density at radius 1 is 0.750 bits per heavy atom. The number of Topliss-reactive ketones (excluding diaryl/α,β-unsaturated/α-hetero) is 1. The zero-order valence-corrected chi connectivity index (χ0v) is 15.3. The number of ether oxygens (including phenoxy) is 2. The first-order valence-electron chi connectivity index (χ1n) is 8.53. The Bertz CT molecular complexity index is 850. The zero-order valence-electron chi connectivity index (χ0n) is 15.3. The molecule has 1 aliphatic rings. The molecule has 0 amide bonds. The van der Waals surface area contributed by atoms with E-state index in [4.69, 9.17) is 9.47 Å². The lowest BCUT2D eigenvalue weighted by Gasteiger charge is -2.49. The first-order chi connectivity index (χ1) is 13.2. The van der Waals surface area contributed by atoms with Gasteiger partial charge in [0.2, 0.25) is 5.78 Å². The topological polar surface area (TPSA) is 137 Å². The molecule has 0 aliphatic heterocycles. The first-order valence-corrected chi connectivity index (χ1v) is 8.53. The van der Waals surface area contributed by atoms with Gasteiger partial charge >= 0.3 is 0 Å². The van der Waals surface area contributed by atoms with Crippen LogP contribution in [0.1, 0.15) is 11.1 Å². The monoisotopic (exact) mass is 390 g/mol. The fourth-order valence-corrected chi connectivity index (χ4v) is 3.53. The van der Waals surface area contributed by atoms with Gasteiger partial charge in [-0.05, 0) is 35.4 Å². The van der Waals surface area contributed by atoms with Crippen molar-refractivity contribution in [3.63, 3.8) is 0 Å². The Labute approximate surface area is 161 Å². The molecule has 8 heteroatoms. The van der Waals surface area contributed by atoms with Crippen LogP contribution in [0.2, 0.25) is 0 Å². The van der Waals surface area contributed by atoms with Crippen LogP contribution >= 0.6 is 0 Å². The third-order valence-corrected chi connectivity index (χ3v) is 5.30. The number of aliphatic hydroxyl groups is 5.